The molecule has 0 unspecified atom stereocenters. The molecule has 2 saturated heterocycles. The third kappa shape index (κ3) is 4.35. The van der Waals surface area contributed by atoms with E-state index in [-0.39, 0.29) is 23.8 Å². The van der Waals surface area contributed by atoms with Crippen molar-refractivity contribution >= 4 is 11.8 Å². The Morgan fingerprint density at radius 1 is 1.14 bits per heavy atom. The molecule has 0 bridgehead atoms. The average Bonchev–Trinajstić information content (AvgIpc) is 3.42. The van der Waals surface area contributed by atoms with Gasteiger partial charge in [-0.15, -0.1) is 0 Å². The molecule has 0 radical (unpaired) electrons. The number of benzene rings is 1. The lowest BCUT2D eigenvalue weighted by molar-refractivity contribution is -0.141. The van der Waals surface area contributed by atoms with Gasteiger partial charge < -0.3 is 10.2 Å². The SMILES string of the molecule is O=C(NCCCc1ccccc1)[C@@H]1CC(F)(F)CN1C1CN(C(=O)C2CC2)C1. The maximum absolute atomic E-state index is 14.0. The molecule has 1 atom stereocenters. The van der Waals surface area contributed by atoms with Crippen molar-refractivity contribution in [1.82, 2.24) is 15.1 Å². The second-order valence-electron chi connectivity index (χ2n) is 8.30. The highest BCUT2D eigenvalue weighted by molar-refractivity contribution is 5.83. The van der Waals surface area contributed by atoms with Gasteiger partial charge in [0.05, 0.1) is 12.6 Å². The van der Waals surface area contributed by atoms with Crippen LogP contribution in [0.2, 0.25) is 0 Å². The molecule has 1 N–H and O–H groups in total. The van der Waals surface area contributed by atoms with Crippen molar-refractivity contribution in [2.45, 2.75) is 50.1 Å². The van der Waals surface area contributed by atoms with Gasteiger partial charge in [-0.05, 0) is 31.2 Å². The number of hydrogen-bond acceptors (Lipinski definition) is 3. The number of alkyl halides is 2. The summed E-state index contributed by atoms with van der Waals surface area (Å²) in [7, 11) is 0. The maximum Gasteiger partial charge on any atom is 0.262 e. The molecule has 2 amide bonds. The molecule has 152 valence electrons. The number of aryl methyl sites for hydroxylation is 1. The summed E-state index contributed by atoms with van der Waals surface area (Å²) in [5.74, 6) is -2.89. The summed E-state index contributed by atoms with van der Waals surface area (Å²) in [4.78, 5) is 28.0. The van der Waals surface area contributed by atoms with Gasteiger partial charge in [-0.1, -0.05) is 30.3 Å². The molecule has 1 aromatic rings. The molecule has 2 heterocycles. The molecule has 0 aromatic heterocycles. The lowest BCUT2D eigenvalue weighted by Gasteiger charge is -2.45. The fourth-order valence-electron chi connectivity index (χ4n) is 4.17. The van der Waals surface area contributed by atoms with Crippen molar-refractivity contribution in [1.29, 1.82) is 0 Å². The Morgan fingerprint density at radius 2 is 1.86 bits per heavy atom. The van der Waals surface area contributed by atoms with Crippen LogP contribution < -0.4 is 5.32 Å². The van der Waals surface area contributed by atoms with Crippen LogP contribution in [0.1, 0.15) is 31.2 Å². The standard InChI is InChI=1S/C21H27F2N3O2/c22-21(23)11-18(19(27)24-10-4-7-15-5-2-1-3-6-15)26(14-21)17-12-25(13-17)20(28)16-8-9-16/h1-3,5-6,16-18H,4,7-14H2,(H,24,27)/t18-/m0/s1. The van der Waals surface area contributed by atoms with Crippen molar-refractivity contribution in [3.63, 3.8) is 0 Å². The molecule has 1 saturated carbocycles. The molecular formula is C21H27F2N3O2. The number of nitrogens with zero attached hydrogens (tertiary/aromatic N) is 2. The first-order valence-electron chi connectivity index (χ1n) is 10.2. The molecule has 3 aliphatic rings. The Morgan fingerprint density at radius 3 is 2.54 bits per heavy atom. The third-order valence-corrected chi connectivity index (χ3v) is 5.96. The number of rotatable bonds is 7. The quantitative estimate of drug-likeness (QED) is 0.724. The van der Waals surface area contributed by atoms with Gasteiger partial charge in [-0.2, -0.15) is 0 Å². The van der Waals surface area contributed by atoms with Crippen LogP contribution in [0, 0.1) is 5.92 Å². The Bertz CT molecular complexity index is 718. The average molecular weight is 391 g/mol. The van der Waals surface area contributed by atoms with Gasteiger partial charge in [0.25, 0.3) is 5.92 Å². The number of carbonyl (C=O) groups is 2. The van der Waals surface area contributed by atoms with E-state index in [0.717, 1.165) is 25.7 Å². The summed E-state index contributed by atoms with van der Waals surface area (Å²) >= 11 is 0. The first kappa shape index (κ1) is 19.3. The van der Waals surface area contributed by atoms with Crippen LogP contribution in [0.5, 0.6) is 0 Å². The van der Waals surface area contributed by atoms with Gasteiger partial charge in [0.2, 0.25) is 11.8 Å². The second-order valence-corrected chi connectivity index (χ2v) is 8.30. The normalized spacial score (nSPS) is 24.8. The van der Waals surface area contributed by atoms with Crippen molar-refractivity contribution < 1.29 is 18.4 Å². The van der Waals surface area contributed by atoms with E-state index in [2.05, 4.69) is 5.32 Å². The van der Waals surface area contributed by atoms with E-state index in [1.807, 2.05) is 30.3 Å². The van der Waals surface area contributed by atoms with Crippen LogP contribution in [0.4, 0.5) is 8.78 Å². The van der Waals surface area contributed by atoms with Gasteiger partial charge >= 0.3 is 0 Å². The van der Waals surface area contributed by atoms with Crippen molar-refractivity contribution in [2.75, 3.05) is 26.2 Å². The van der Waals surface area contributed by atoms with E-state index < -0.39 is 24.9 Å². The summed E-state index contributed by atoms with van der Waals surface area (Å²) in [5, 5.41) is 2.83. The maximum atomic E-state index is 14.0. The number of likely N-dealkylation sites (tertiary alicyclic amines) is 2. The van der Waals surface area contributed by atoms with Crippen LogP contribution in [0.15, 0.2) is 30.3 Å². The summed E-state index contributed by atoms with van der Waals surface area (Å²) < 4.78 is 28.1. The van der Waals surface area contributed by atoms with Gasteiger partial charge in [0, 0.05) is 38.0 Å². The Labute approximate surface area is 164 Å². The highest BCUT2D eigenvalue weighted by atomic mass is 19.3. The smallest absolute Gasteiger partial charge is 0.262 e. The van der Waals surface area contributed by atoms with E-state index >= 15 is 0 Å². The van der Waals surface area contributed by atoms with Gasteiger partial charge in [-0.25, -0.2) is 8.78 Å². The summed E-state index contributed by atoms with van der Waals surface area (Å²) in [6, 6.07) is 9.02. The minimum atomic E-state index is -2.85. The number of halogens is 2. The van der Waals surface area contributed by atoms with Crippen molar-refractivity contribution in [2.24, 2.45) is 5.92 Å². The van der Waals surface area contributed by atoms with E-state index in [9.17, 15) is 18.4 Å². The highest BCUT2D eigenvalue weighted by Gasteiger charge is 2.53. The van der Waals surface area contributed by atoms with Crippen LogP contribution in [-0.2, 0) is 16.0 Å². The predicted octanol–water partition coefficient (Wildman–Crippen LogP) is 2.07. The van der Waals surface area contributed by atoms with E-state index in [1.54, 1.807) is 9.80 Å². The van der Waals surface area contributed by atoms with Crippen LogP contribution in [0.3, 0.4) is 0 Å². The molecule has 2 aliphatic heterocycles. The predicted molar refractivity (Wildman–Crippen MR) is 101 cm³/mol. The Kier molecular flexibility index (Phi) is 5.36. The fraction of sp³-hybridized carbons (Fsp3) is 0.619. The monoisotopic (exact) mass is 391 g/mol. The third-order valence-electron chi connectivity index (χ3n) is 5.96. The summed E-state index contributed by atoms with van der Waals surface area (Å²) in [6.45, 7) is 0.998. The zero-order chi connectivity index (χ0) is 19.7. The van der Waals surface area contributed by atoms with E-state index in [1.165, 1.54) is 5.56 Å². The zero-order valence-corrected chi connectivity index (χ0v) is 15.9. The number of hydrogen-bond donors (Lipinski definition) is 1. The van der Waals surface area contributed by atoms with E-state index in [4.69, 9.17) is 0 Å². The first-order valence-corrected chi connectivity index (χ1v) is 10.2. The molecule has 4 rings (SSSR count). The molecule has 3 fully saturated rings. The molecular weight excluding hydrogens is 364 g/mol. The van der Waals surface area contributed by atoms with Crippen LogP contribution in [-0.4, -0.2) is 65.8 Å². The molecule has 1 aliphatic carbocycles. The largest absolute Gasteiger partial charge is 0.355 e. The lowest BCUT2D eigenvalue weighted by atomic mass is 10.0. The fourth-order valence-corrected chi connectivity index (χ4v) is 4.17. The van der Waals surface area contributed by atoms with Crippen molar-refractivity contribution in [3.05, 3.63) is 35.9 Å². The Hall–Kier alpha value is -2.02. The highest BCUT2D eigenvalue weighted by Crippen LogP contribution is 2.37. The molecule has 7 heteroatoms. The molecule has 0 spiro atoms. The number of carbonyl (C=O) groups excluding carboxylic acids is 2. The minimum absolute atomic E-state index is 0.142. The summed E-state index contributed by atoms with van der Waals surface area (Å²) in [5.41, 5.74) is 1.20. The summed E-state index contributed by atoms with van der Waals surface area (Å²) in [6.07, 6.45) is 3.05. The molecule has 28 heavy (non-hydrogen) atoms. The van der Waals surface area contributed by atoms with Gasteiger partial charge in [0.1, 0.15) is 0 Å². The minimum Gasteiger partial charge on any atom is -0.355 e. The molecule has 1 aromatic carbocycles. The number of amides is 2. The first-order chi connectivity index (χ1) is 13.4. The second kappa shape index (κ2) is 7.78. The van der Waals surface area contributed by atoms with Crippen LogP contribution >= 0.6 is 0 Å². The Balaban J connectivity index is 1.26. The van der Waals surface area contributed by atoms with Gasteiger partial charge in [0.15, 0.2) is 0 Å². The topological polar surface area (TPSA) is 52.7 Å². The van der Waals surface area contributed by atoms with Crippen LogP contribution in [0.25, 0.3) is 0 Å². The number of nitrogens with one attached hydrogen (secondary N) is 1. The lowest BCUT2D eigenvalue weighted by Crippen LogP contribution is -2.64. The van der Waals surface area contributed by atoms with Crippen molar-refractivity contribution in [3.8, 4) is 0 Å². The van der Waals surface area contributed by atoms with E-state index in [0.29, 0.717) is 19.6 Å². The van der Waals surface area contributed by atoms with Gasteiger partial charge in [-0.3, -0.25) is 14.5 Å². The molecule has 5 nitrogen and oxygen atoms in total. The zero-order valence-electron chi connectivity index (χ0n) is 15.9.